The second-order valence-electron chi connectivity index (χ2n) is 5.88. The first kappa shape index (κ1) is 15.0. The minimum atomic E-state index is 0.0761. The van der Waals surface area contributed by atoms with Gasteiger partial charge in [0.1, 0.15) is 0 Å². The third kappa shape index (κ3) is 4.05. The maximum absolute atomic E-state index is 12.2. The Morgan fingerprint density at radius 3 is 2.90 bits per heavy atom. The lowest BCUT2D eigenvalue weighted by Gasteiger charge is -2.31. The minimum Gasteiger partial charge on any atom is -0.325 e. The van der Waals surface area contributed by atoms with Crippen LogP contribution in [0.2, 0.25) is 0 Å². The van der Waals surface area contributed by atoms with Gasteiger partial charge in [-0.2, -0.15) is 0 Å². The zero-order valence-corrected chi connectivity index (χ0v) is 12.6. The first-order chi connectivity index (χ1) is 9.56. The average molecular weight is 275 g/mol. The highest BCUT2D eigenvalue weighted by Gasteiger charge is 2.18. The highest BCUT2D eigenvalue weighted by molar-refractivity contribution is 5.93. The molecule has 2 N–H and O–H groups in total. The number of carbonyl (C=O) groups is 1. The van der Waals surface area contributed by atoms with Gasteiger partial charge in [-0.1, -0.05) is 32.0 Å². The normalized spacial score (nSPS) is 20.1. The van der Waals surface area contributed by atoms with Crippen molar-refractivity contribution in [1.82, 2.24) is 10.2 Å². The number of piperazine rings is 1. The van der Waals surface area contributed by atoms with E-state index in [1.165, 1.54) is 5.56 Å². The molecule has 0 saturated carbocycles. The second-order valence-corrected chi connectivity index (χ2v) is 5.88. The largest absolute Gasteiger partial charge is 0.325 e. The number of anilines is 1. The maximum atomic E-state index is 12.2. The predicted octanol–water partition coefficient (Wildman–Crippen LogP) is 2.04. The first-order valence-corrected chi connectivity index (χ1v) is 7.40. The number of hydrogen-bond acceptors (Lipinski definition) is 3. The molecule has 2 rings (SSSR count). The third-order valence-electron chi connectivity index (χ3n) is 3.68. The molecule has 1 aliphatic rings. The number of benzene rings is 1. The van der Waals surface area contributed by atoms with Crippen LogP contribution < -0.4 is 10.6 Å². The van der Waals surface area contributed by atoms with Gasteiger partial charge in [-0.25, -0.2) is 0 Å². The molecule has 1 aliphatic heterocycles. The molecule has 0 aromatic heterocycles. The molecule has 0 spiro atoms. The van der Waals surface area contributed by atoms with Gasteiger partial charge in [-0.3, -0.25) is 9.69 Å². The lowest BCUT2D eigenvalue weighted by Crippen LogP contribution is -2.51. The van der Waals surface area contributed by atoms with E-state index in [9.17, 15) is 4.79 Å². The summed E-state index contributed by atoms with van der Waals surface area (Å²) >= 11 is 0. The summed E-state index contributed by atoms with van der Waals surface area (Å²) in [6.07, 6.45) is 0. The summed E-state index contributed by atoms with van der Waals surface area (Å²) in [5, 5.41) is 6.44. The van der Waals surface area contributed by atoms with E-state index >= 15 is 0 Å². The fourth-order valence-corrected chi connectivity index (χ4v) is 2.66. The summed E-state index contributed by atoms with van der Waals surface area (Å²) in [6, 6.07) is 8.50. The Hall–Kier alpha value is -1.39. The van der Waals surface area contributed by atoms with Crippen LogP contribution in [0.3, 0.4) is 0 Å². The van der Waals surface area contributed by atoms with Crippen LogP contribution in [0.4, 0.5) is 5.69 Å². The van der Waals surface area contributed by atoms with Crippen LogP contribution in [0.25, 0.3) is 0 Å². The van der Waals surface area contributed by atoms with Crippen molar-refractivity contribution in [2.45, 2.75) is 32.7 Å². The maximum Gasteiger partial charge on any atom is 0.238 e. The Balaban J connectivity index is 1.94. The molecule has 20 heavy (non-hydrogen) atoms. The Morgan fingerprint density at radius 1 is 1.45 bits per heavy atom. The highest BCUT2D eigenvalue weighted by atomic mass is 16.2. The number of rotatable bonds is 4. The summed E-state index contributed by atoms with van der Waals surface area (Å²) in [6.45, 7) is 9.72. The monoisotopic (exact) mass is 275 g/mol. The van der Waals surface area contributed by atoms with E-state index in [0.717, 1.165) is 25.3 Å². The third-order valence-corrected chi connectivity index (χ3v) is 3.68. The van der Waals surface area contributed by atoms with Crippen molar-refractivity contribution in [3.8, 4) is 0 Å². The smallest absolute Gasteiger partial charge is 0.238 e. The lowest BCUT2D eigenvalue weighted by atomic mass is 10.0. The molecule has 1 aromatic carbocycles. The molecule has 0 bridgehead atoms. The summed E-state index contributed by atoms with van der Waals surface area (Å²) in [5.41, 5.74) is 2.13. The van der Waals surface area contributed by atoms with Crippen molar-refractivity contribution in [1.29, 1.82) is 0 Å². The molecule has 1 saturated heterocycles. The van der Waals surface area contributed by atoms with Gasteiger partial charge >= 0.3 is 0 Å². The zero-order chi connectivity index (χ0) is 14.5. The fourth-order valence-electron chi connectivity index (χ4n) is 2.66. The van der Waals surface area contributed by atoms with Crippen LogP contribution in [-0.4, -0.2) is 43.0 Å². The van der Waals surface area contributed by atoms with Gasteiger partial charge in [0.25, 0.3) is 0 Å². The van der Waals surface area contributed by atoms with Crippen molar-refractivity contribution in [2.24, 2.45) is 0 Å². The molecule has 1 fully saturated rings. The number of nitrogens with one attached hydrogen (secondary N) is 2. The molecular weight excluding hydrogens is 250 g/mol. The summed E-state index contributed by atoms with van der Waals surface area (Å²) in [7, 11) is 0. The van der Waals surface area contributed by atoms with Gasteiger partial charge in [0.15, 0.2) is 0 Å². The number of nitrogens with zero attached hydrogens (tertiary/aromatic N) is 1. The number of hydrogen-bond donors (Lipinski definition) is 2. The molecule has 0 radical (unpaired) electrons. The van der Waals surface area contributed by atoms with Crippen LogP contribution in [0, 0.1) is 0 Å². The van der Waals surface area contributed by atoms with Crippen LogP contribution in [0.5, 0.6) is 0 Å². The van der Waals surface area contributed by atoms with Crippen molar-refractivity contribution in [3.05, 3.63) is 29.8 Å². The SMILES string of the molecule is CC1CN(CC(=O)Nc2ccccc2C(C)C)CCN1. The van der Waals surface area contributed by atoms with E-state index in [4.69, 9.17) is 0 Å². The number of carbonyl (C=O) groups excluding carboxylic acids is 1. The average Bonchev–Trinajstić information content (AvgIpc) is 2.38. The quantitative estimate of drug-likeness (QED) is 0.884. The first-order valence-electron chi connectivity index (χ1n) is 7.40. The van der Waals surface area contributed by atoms with E-state index in [2.05, 4.69) is 42.4 Å². The van der Waals surface area contributed by atoms with Gasteiger partial charge in [0.05, 0.1) is 6.54 Å². The van der Waals surface area contributed by atoms with E-state index in [-0.39, 0.29) is 5.91 Å². The number of amides is 1. The van der Waals surface area contributed by atoms with Crippen molar-refractivity contribution in [2.75, 3.05) is 31.5 Å². The van der Waals surface area contributed by atoms with Crippen molar-refractivity contribution < 1.29 is 4.79 Å². The molecular formula is C16H25N3O. The van der Waals surface area contributed by atoms with E-state index in [0.29, 0.717) is 18.5 Å². The molecule has 4 heteroatoms. The Bertz CT molecular complexity index is 459. The Labute approximate surface area is 121 Å². The topological polar surface area (TPSA) is 44.4 Å². The van der Waals surface area contributed by atoms with Crippen molar-refractivity contribution >= 4 is 11.6 Å². The lowest BCUT2D eigenvalue weighted by molar-refractivity contribution is -0.117. The summed E-state index contributed by atoms with van der Waals surface area (Å²) < 4.78 is 0. The summed E-state index contributed by atoms with van der Waals surface area (Å²) in [5.74, 6) is 0.484. The minimum absolute atomic E-state index is 0.0761. The van der Waals surface area contributed by atoms with Crippen LogP contribution in [0.1, 0.15) is 32.3 Å². The molecule has 0 aliphatic carbocycles. The molecule has 1 aromatic rings. The number of para-hydroxylation sites is 1. The molecule has 4 nitrogen and oxygen atoms in total. The van der Waals surface area contributed by atoms with Crippen LogP contribution in [-0.2, 0) is 4.79 Å². The Morgan fingerprint density at radius 2 is 2.20 bits per heavy atom. The summed E-state index contributed by atoms with van der Waals surface area (Å²) in [4.78, 5) is 14.4. The molecule has 1 unspecified atom stereocenters. The second kappa shape index (κ2) is 6.86. The van der Waals surface area contributed by atoms with E-state index in [1.807, 2.05) is 18.2 Å². The molecule has 1 atom stereocenters. The standard InChI is InChI=1S/C16H25N3O/c1-12(2)14-6-4-5-7-15(14)18-16(20)11-19-9-8-17-13(3)10-19/h4-7,12-13,17H,8-11H2,1-3H3,(H,18,20). The fraction of sp³-hybridized carbons (Fsp3) is 0.562. The van der Waals surface area contributed by atoms with Gasteiger partial charge in [0.2, 0.25) is 5.91 Å². The highest BCUT2D eigenvalue weighted by Crippen LogP contribution is 2.23. The molecule has 1 amide bonds. The molecule has 1 heterocycles. The van der Waals surface area contributed by atoms with Gasteiger partial charge in [0, 0.05) is 31.4 Å². The van der Waals surface area contributed by atoms with Crippen molar-refractivity contribution in [3.63, 3.8) is 0 Å². The van der Waals surface area contributed by atoms with E-state index in [1.54, 1.807) is 0 Å². The van der Waals surface area contributed by atoms with Crippen LogP contribution in [0.15, 0.2) is 24.3 Å². The molecule has 110 valence electrons. The van der Waals surface area contributed by atoms with E-state index < -0.39 is 0 Å². The van der Waals surface area contributed by atoms with Gasteiger partial charge < -0.3 is 10.6 Å². The zero-order valence-electron chi connectivity index (χ0n) is 12.6. The Kier molecular flexibility index (Phi) is 5.15. The predicted molar refractivity (Wildman–Crippen MR) is 83.1 cm³/mol. The van der Waals surface area contributed by atoms with Gasteiger partial charge in [-0.15, -0.1) is 0 Å². The van der Waals surface area contributed by atoms with Gasteiger partial charge in [-0.05, 0) is 24.5 Å². The van der Waals surface area contributed by atoms with Crippen LogP contribution >= 0.6 is 0 Å².